The smallest absolute Gasteiger partial charge is 0.229 e. The molecule has 5 heterocycles. The summed E-state index contributed by atoms with van der Waals surface area (Å²) in [5.74, 6) is 2.79. The van der Waals surface area contributed by atoms with Crippen molar-refractivity contribution in [3.05, 3.63) is 52.8 Å². The van der Waals surface area contributed by atoms with Gasteiger partial charge in [0, 0.05) is 47.6 Å². The lowest BCUT2D eigenvalue weighted by molar-refractivity contribution is -0.837. The largest absolute Gasteiger partial charge is 0.324 e. The molecule has 2 fully saturated rings. The van der Waals surface area contributed by atoms with E-state index in [-0.39, 0.29) is 0 Å². The summed E-state index contributed by atoms with van der Waals surface area (Å²) in [6.45, 7) is 5.69. The van der Waals surface area contributed by atoms with Gasteiger partial charge in [-0.25, -0.2) is 4.98 Å². The summed E-state index contributed by atoms with van der Waals surface area (Å²) in [5.41, 5.74) is 6.65. The van der Waals surface area contributed by atoms with E-state index in [4.69, 9.17) is 0 Å². The highest BCUT2D eigenvalue weighted by Gasteiger charge is 2.83. The van der Waals surface area contributed by atoms with Gasteiger partial charge in [-0.1, -0.05) is 6.07 Å². The van der Waals surface area contributed by atoms with E-state index in [1.165, 1.54) is 47.2 Å². The molecule has 1 saturated carbocycles. The van der Waals surface area contributed by atoms with E-state index in [0.717, 1.165) is 29.6 Å². The number of fused-ring (bicyclic) bond motifs is 6. The molecule has 140 valence electrons. The van der Waals surface area contributed by atoms with E-state index in [1.807, 2.05) is 13.0 Å². The molecule has 3 aliphatic heterocycles. The molecule has 1 aromatic carbocycles. The van der Waals surface area contributed by atoms with Crippen LogP contribution in [0.15, 0.2) is 30.3 Å². The molecular formula is C21H22N7+. The van der Waals surface area contributed by atoms with E-state index in [0.29, 0.717) is 17.4 Å². The number of aromatic amines is 1. The Balaban J connectivity index is 1.38. The SMILES string of the molecule is Cc1cc2nc(n1)Nc1ccc3c(c1)C[N+]1(CC3)C[C@@]13CC3c1cc(n[nH]1)N2. The Hall–Kier alpha value is -2.93. The second-order valence-electron chi connectivity index (χ2n) is 8.96. The average Bonchev–Trinajstić information content (AvgIpc) is 3.45. The molecule has 7 nitrogen and oxygen atoms in total. The highest BCUT2D eigenvalue weighted by Crippen LogP contribution is 2.70. The van der Waals surface area contributed by atoms with E-state index in [2.05, 4.69) is 55.1 Å². The molecule has 0 amide bonds. The van der Waals surface area contributed by atoms with Gasteiger partial charge in [-0.2, -0.15) is 10.1 Å². The summed E-state index contributed by atoms with van der Waals surface area (Å²) in [6.07, 6.45) is 2.45. The van der Waals surface area contributed by atoms with Gasteiger partial charge >= 0.3 is 0 Å². The lowest BCUT2D eigenvalue weighted by Gasteiger charge is -2.28. The van der Waals surface area contributed by atoms with Gasteiger partial charge in [0.05, 0.1) is 12.5 Å². The average molecular weight is 372 g/mol. The summed E-state index contributed by atoms with van der Waals surface area (Å²) in [5, 5.41) is 14.5. The Morgan fingerprint density at radius 2 is 2.04 bits per heavy atom. The molecule has 28 heavy (non-hydrogen) atoms. The molecule has 7 rings (SSSR count). The summed E-state index contributed by atoms with van der Waals surface area (Å²) in [6, 6.07) is 10.9. The van der Waals surface area contributed by atoms with Crippen molar-refractivity contribution < 1.29 is 4.48 Å². The van der Waals surface area contributed by atoms with Gasteiger partial charge in [0.15, 0.2) is 11.4 Å². The monoisotopic (exact) mass is 372 g/mol. The van der Waals surface area contributed by atoms with Crippen LogP contribution in [0.25, 0.3) is 0 Å². The second kappa shape index (κ2) is 4.72. The van der Waals surface area contributed by atoms with Crippen molar-refractivity contribution in [3.8, 4) is 0 Å². The number of benzene rings is 1. The molecule has 0 radical (unpaired) electrons. The third-order valence-corrected chi connectivity index (χ3v) is 7.29. The molecule has 2 aromatic heterocycles. The summed E-state index contributed by atoms with van der Waals surface area (Å²) in [4.78, 5) is 9.20. The molecule has 2 unspecified atom stereocenters. The van der Waals surface area contributed by atoms with Gasteiger partial charge in [-0.15, -0.1) is 0 Å². The predicted molar refractivity (Wildman–Crippen MR) is 106 cm³/mol. The Morgan fingerprint density at radius 3 is 3.00 bits per heavy atom. The van der Waals surface area contributed by atoms with Crippen LogP contribution in [0.3, 0.4) is 0 Å². The standard InChI is InChI=1S/C21H22N7/c1-12-6-18-24-19-8-17(26-27-19)16-9-21(16)11-28(21)5-4-13-2-3-15(7-14(13)10-28)23-20(22-12)25-18/h2-3,6-8,16H,4-5,9-11H2,1H3,(H3,22,23,24,25,26,27)/q+1/t16?,21-,28?/m1/s1. The van der Waals surface area contributed by atoms with Crippen molar-refractivity contribution in [2.24, 2.45) is 0 Å². The van der Waals surface area contributed by atoms with Gasteiger partial charge < -0.3 is 15.1 Å². The topological polar surface area (TPSA) is 78.5 Å². The molecule has 1 saturated heterocycles. The molecule has 7 bridgehead atoms. The fourth-order valence-electron chi connectivity index (χ4n) is 5.76. The van der Waals surface area contributed by atoms with Crippen molar-refractivity contribution >= 4 is 23.3 Å². The molecule has 3 N–H and O–H groups in total. The maximum atomic E-state index is 4.64. The summed E-state index contributed by atoms with van der Waals surface area (Å²) in [7, 11) is 0. The number of nitrogens with zero attached hydrogens (tertiary/aromatic N) is 4. The maximum Gasteiger partial charge on any atom is 0.229 e. The van der Waals surface area contributed by atoms with Crippen LogP contribution in [0.1, 0.15) is 34.9 Å². The van der Waals surface area contributed by atoms with Crippen LogP contribution in [-0.4, -0.2) is 43.3 Å². The Morgan fingerprint density at radius 1 is 1.07 bits per heavy atom. The maximum absolute atomic E-state index is 4.64. The van der Waals surface area contributed by atoms with E-state index in [1.54, 1.807) is 0 Å². The van der Waals surface area contributed by atoms with Gasteiger partial charge in [-0.3, -0.25) is 5.10 Å². The number of hydrogen-bond acceptors (Lipinski definition) is 5. The number of quaternary nitrogens is 1. The molecule has 4 aliphatic rings. The van der Waals surface area contributed by atoms with Crippen LogP contribution in [0.4, 0.5) is 23.3 Å². The van der Waals surface area contributed by atoms with Crippen molar-refractivity contribution in [2.75, 3.05) is 23.7 Å². The third kappa shape index (κ3) is 1.94. The van der Waals surface area contributed by atoms with Crippen molar-refractivity contribution in [2.45, 2.75) is 37.8 Å². The summed E-state index contributed by atoms with van der Waals surface area (Å²) >= 11 is 0. The second-order valence-corrected chi connectivity index (χ2v) is 8.96. The molecule has 1 aliphatic carbocycles. The lowest BCUT2D eigenvalue weighted by Crippen LogP contribution is -2.36. The summed E-state index contributed by atoms with van der Waals surface area (Å²) < 4.78 is 1.25. The first-order valence-electron chi connectivity index (χ1n) is 10.1. The Kier molecular flexibility index (Phi) is 2.54. The van der Waals surface area contributed by atoms with Gasteiger partial charge in [0.2, 0.25) is 5.95 Å². The highest BCUT2D eigenvalue weighted by atomic mass is 15.6. The predicted octanol–water partition coefficient (Wildman–Crippen LogP) is 3.12. The Labute approximate surface area is 162 Å². The molecular weight excluding hydrogens is 350 g/mol. The van der Waals surface area contributed by atoms with Crippen LogP contribution in [-0.2, 0) is 13.0 Å². The van der Waals surface area contributed by atoms with Crippen LogP contribution >= 0.6 is 0 Å². The fraction of sp³-hybridized carbons (Fsp3) is 0.381. The first-order valence-corrected chi connectivity index (χ1v) is 10.1. The minimum absolute atomic E-state index is 0.444. The number of rotatable bonds is 0. The van der Waals surface area contributed by atoms with Crippen LogP contribution in [0.5, 0.6) is 0 Å². The Bertz CT molecular complexity index is 1150. The van der Waals surface area contributed by atoms with Crippen molar-refractivity contribution in [1.82, 2.24) is 20.2 Å². The van der Waals surface area contributed by atoms with E-state index >= 15 is 0 Å². The zero-order valence-corrected chi connectivity index (χ0v) is 15.8. The number of hydrogen-bond donors (Lipinski definition) is 3. The van der Waals surface area contributed by atoms with Crippen molar-refractivity contribution in [1.29, 1.82) is 0 Å². The lowest BCUT2D eigenvalue weighted by atomic mass is 9.98. The minimum atomic E-state index is 0.444. The van der Waals surface area contributed by atoms with E-state index < -0.39 is 0 Å². The zero-order chi connectivity index (χ0) is 18.5. The number of aryl methyl sites for hydroxylation is 1. The highest BCUT2D eigenvalue weighted by molar-refractivity contribution is 5.60. The number of H-pyrrole nitrogens is 1. The third-order valence-electron chi connectivity index (χ3n) is 7.29. The molecule has 2 spiro atoms. The number of aromatic nitrogens is 4. The molecule has 7 heteroatoms. The molecule has 3 atom stereocenters. The fourth-order valence-corrected chi connectivity index (χ4v) is 5.76. The quantitative estimate of drug-likeness (QED) is 0.417. The number of anilines is 4. The van der Waals surface area contributed by atoms with Crippen LogP contribution in [0, 0.1) is 6.92 Å². The normalized spacial score (nSPS) is 30.8. The first kappa shape index (κ1) is 15.0. The van der Waals surface area contributed by atoms with Crippen LogP contribution < -0.4 is 10.6 Å². The van der Waals surface area contributed by atoms with Gasteiger partial charge in [0.1, 0.15) is 18.9 Å². The zero-order valence-electron chi connectivity index (χ0n) is 15.8. The van der Waals surface area contributed by atoms with Gasteiger partial charge in [-0.05, 0) is 24.6 Å². The van der Waals surface area contributed by atoms with Crippen molar-refractivity contribution in [3.63, 3.8) is 0 Å². The molecule has 3 aromatic rings. The van der Waals surface area contributed by atoms with Gasteiger partial charge in [0.25, 0.3) is 0 Å². The first-order chi connectivity index (χ1) is 13.6. The minimum Gasteiger partial charge on any atom is -0.324 e. The van der Waals surface area contributed by atoms with Crippen LogP contribution in [0.2, 0.25) is 0 Å². The van der Waals surface area contributed by atoms with E-state index in [9.17, 15) is 0 Å². The number of nitrogens with one attached hydrogen (secondary N) is 3.